The number of phenols is 1. The Morgan fingerprint density at radius 1 is 1.42 bits per heavy atom. The molecule has 0 aliphatic carbocycles. The monoisotopic (exact) mass is 190 g/mol. The van der Waals surface area contributed by atoms with Crippen LogP contribution in [-0.2, 0) is 16.5 Å². The number of aromatic hydroxyl groups is 1. The zero-order chi connectivity index (χ0) is 9.14. The summed E-state index contributed by atoms with van der Waals surface area (Å²) in [6, 6.07) is 3.20. The molecule has 1 aromatic carbocycles. The highest BCUT2D eigenvalue weighted by atomic mass is 32.2. The maximum atomic E-state index is 12.5. The fourth-order valence-electron chi connectivity index (χ4n) is 0.820. The second-order valence-electron chi connectivity index (χ2n) is 2.26. The van der Waals surface area contributed by atoms with E-state index >= 15 is 0 Å². The van der Waals surface area contributed by atoms with Gasteiger partial charge in [-0.1, -0.05) is 0 Å². The van der Waals surface area contributed by atoms with Crippen molar-refractivity contribution in [1.82, 2.24) is 0 Å². The maximum Gasteiger partial charge on any atom is 0.144 e. The molecule has 0 aliphatic heterocycles. The van der Waals surface area contributed by atoms with Crippen molar-refractivity contribution in [2.75, 3.05) is 0 Å². The molecule has 0 spiro atoms. The Balaban J connectivity index is 3.05. The van der Waals surface area contributed by atoms with Gasteiger partial charge in [0.05, 0.1) is 5.75 Å². The predicted octanol–water partition coefficient (Wildman–Crippen LogP) is 0.643. The molecule has 0 heterocycles. The average Bonchev–Trinajstić information content (AvgIpc) is 1.96. The zero-order valence-corrected chi connectivity index (χ0v) is 6.92. The number of hydrogen-bond donors (Lipinski definition) is 2. The van der Waals surface area contributed by atoms with Crippen LogP contribution in [0.4, 0.5) is 4.39 Å². The fraction of sp³-hybridized carbons (Fsp3) is 0.143. The molecule has 0 amide bonds. The van der Waals surface area contributed by atoms with Gasteiger partial charge in [0.15, 0.2) is 0 Å². The third-order valence-electron chi connectivity index (χ3n) is 1.34. The van der Waals surface area contributed by atoms with Crippen molar-refractivity contribution in [3.63, 3.8) is 0 Å². The summed E-state index contributed by atoms with van der Waals surface area (Å²) in [5, 5.41) is 9.05. The largest absolute Gasteiger partial charge is 0.508 e. The van der Waals surface area contributed by atoms with Crippen LogP contribution in [0.1, 0.15) is 5.56 Å². The molecule has 1 rings (SSSR count). The van der Waals surface area contributed by atoms with Gasteiger partial charge in [0.25, 0.3) is 0 Å². The minimum absolute atomic E-state index is 0.0890. The first kappa shape index (κ1) is 8.99. The summed E-state index contributed by atoms with van der Waals surface area (Å²) in [7, 11) is -2.63. The normalized spacial score (nSPS) is 10.5. The van der Waals surface area contributed by atoms with Crippen LogP contribution in [0.2, 0.25) is 0 Å². The summed E-state index contributed by atoms with van der Waals surface area (Å²) < 4.78 is 33.0. The number of thiol groups is 1. The molecule has 5 heteroatoms. The van der Waals surface area contributed by atoms with Crippen molar-refractivity contribution in [1.29, 1.82) is 0 Å². The lowest BCUT2D eigenvalue weighted by Crippen LogP contribution is -1.88. The van der Waals surface area contributed by atoms with Crippen LogP contribution in [0.3, 0.4) is 0 Å². The Morgan fingerprint density at radius 3 is 2.67 bits per heavy atom. The lowest BCUT2D eigenvalue weighted by molar-refractivity contribution is 0.467. The summed E-state index contributed by atoms with van der Waals surface area (Å²) in [4.78, 5) is 0. The van der Waals surface area contributed by atoms with Gasteiger partial charge >= 0.3 is 0 Å². The minimum atomic E-state index is -2.63. The SMILES string of the molecule is O=[SH](=O)Cc1cc(F)ccc1O. The number of benzene rings is 1. The first-order valence-corrected chi connectivity index (χ1v) is 4.55. The highest BCUT2D eigenvalue weighted by Gasteiger charge is 2.02. The first-order chi connectivity index (χ1) is 5.59. The lowest BCUT2D eigenvalue weighted by atomic mass is 10.2. The van der Waals surface area contributed by atoms with Crippen LogP contribution in [0.25, 0.3) is 0 Å². The summed E-state index contributed by atoms with van der Waals surface area (Å²) in [6.07, 6.45) is 0. The Kier molecular flexibility index (Phi) is 2.65. The molecule has 0 fully saturated rings. The van der Waals surface area contributed by atoms with E-state index in [4.69, 9.17) is 5.11 Å². The second kappa shape index (κ2) is 3.53. The van der Waals surface area contributed by atoms with E-state index in [9.17, 15) is 12.8 Å². The van der Waals surface area contributed by atoms with E-state index in [0.29, 0.717) is 0 Å². The van der Waals surface area contributed by atoms with E-state index in [1.165, 1.54) is 0 Å². The zero-order valence-electron chi connectivity index (χ0n) is 6.03. The van der Waals surface area contributed by atoms with E-state index in [0.717, 1.165) is 18.2 Å². The Labute approximate surface area is 70.4 Å². The molecule has 0 aromatic heterocycles. The van der Waals surface area contributed by atoms with Gasteiger partial charge in [-0.3, -0.25) is 0 Å². The molecule has 66 valence electrons. The summed E-state index contributed by atoms with van der Waals surface area (Å²) in [5.74, 6) is -1.09. The first-order valence-electron chi connectivity index (χ1n) is 3.19. The van der Waals surface area contributed by atoms with Crippen molar-refractivity contribution in [2.45, 2.75) is 5.75 Å². The van der Waals surface area contributed by atoms with Crippen molar-refractivity contribution < 1.29 is 17.9 Å². The van der Waals surface area contributed by atoms with Crippen LogP contribution in [0.15, 0.2) is 18.2 Å². The summed E-state index contributed by atoms with van der Waals surface area (Å²) in [5.41, 5.74) is 0.0890. The molecule has 0 saturated carbocycles. The second-order valence-corrected chi connectivity index (χ2v) is 3.25. The number of halogens is 1. The molecule has 1 aromatic rings. The lowest BCUT2D eigenvalue weighted by Gasteiger charge is -1.98. The molecule has 0 atom stereocenters. The standard InChI is InChI=1S/C7H7FO3S/c8-6-1-2-7(9)5(3-6)4-12(10)11/h1-3,9,12H,4H2. The number of hydrogen-bond acceptors (Lipinski definition) is 3. The van der Waals surface area contributed by atoms with Gasteiger partial charge in [-0.05, 0) is 18.2 Å². The molecule has 0 aliphatic rings. The van der Waals surface area contributed by atoms with Crippen LogP contribution in [-0.4, -0.2) is 13.5 Å². The minimum Gasteiger partial charge on any atom is -0.508 e. The molecule has 0 unspecified atom stereocenters. The van der Waals surface area contributed by atoms with Gasteiger partial charge in [0.2, 0.25) is 0 Å². The van der Waals surface area contributed by atoms with E-state index in [1.54, 1.807) is 0 Å². The highest BCUT2D eigenvalue weighted by Crippen LogP contribution is 2.18. The van der Waals surface area contributed by atoms with Crippen molar-refractivity contribution in [3.05, 3.63) is 29.6 Å². The van der Waals surface area contributed by atoms with Crippen LogP contribution < -0.4 is 0 Å². The molecular formula is C7H7FO3S. The van der Waals surface area contributed by atoms with Gasteiger partial charge in [0, 0.05) is 5.56 Å². The van der Waals surface area contributed by atoms with Crippen molar-refractivity contribution >= 4 is 10.7 Å². The van der Waals surface area contributed by atoms with Crippen LogP contribution >= 0.6 is 0 Å². The Bertz CT molecular complexity index is 352. The molecular weight excluding hydrogens is 183 g/mol. The van der Waals surface area contributed by atoms with E-state index in [2.05, 4.69) is 0 Å². The molecule has 12 heavy (non-hydrogen) atoms. The van der Waals surface area contributed by atoms with E-state index in [1.807, 2.05) is 0 Å². The van der Waals surface area contributed by atoms with Gasteiger partial charge in [-0.2, -0.15) is 0 Å². The van der Waals surface area contributed by atoms with Crippen molar-refractivity contribution in [2.24, 2.45) is 0 Å². The van der Waals surface area contributed by atoms with E-state index in [-0.39, 0.29) is 17.1 Å². The Hall–Kier alpha value is -1.10. The van der Waals surface area contributed by atoms with Crippen molar-refractivity contribution in [3.8, 4) is 5.75 Å². The predicted molar refractivity (Wildman–Crippen MR) is 42.1 cm³/mol. The molecule has 0 radical (unpaired) electrons. The van der Waals surface area contributed by atoms with Crippen LogP contribution in [0.5, 0.6) is 5.75 Å². The third kappa shape index (κ3) is 2.20. The van der Waals surface area contributed by atoms with Gasteiger partial charge in [-0.25, -0.2) is 12.8 Å². The number of phenolic OH excluding ortho intramolecular Hbond substituents is 1. The smallest absolute Gasteiger partial charge is 0.144 e. The van der Waals surface area contributed by atoms with Crippen LogP contribution in [0, 0.1) is 5.82 Å². The summed E-state index contributed by atoms with van der Waals surface area (Å²) >= 11 is 0. The van der Waals surface area contributed by atoms with Gasteiger partial charge in [-0.15, -0.1) is 0 Å². The van der Waals surface area contributed by atoms with Gasteiger partial charge < -0.3 is 5.11 Å². The molecule has 0 saturated heterocycles. The topological polar surface area (TPSA) is 54.4 Å². The Morgan fingerprint density at radius 2 is 2.08 bits per heavy atom. The summed E-state index contributed by atoms with van der Waals surface area (Å²) in [6.45, 7) is 0. The van der Waals surface area contributed by atoms with Gasteiger partial charge in [0.1, 0.15) is 22.3 Å². The highest BCUT2D eigenvalue weighted by molar-refractivity contribution is 7.71. The molecule has 3 nitrogen and oxygen atoms in total. The molecule has 0 bridgehead atoms. The molecule has 1 N–H and O–H groups in total. The quantitative estimate of drug-likeness (QED) is 0.673. The average molecular weight is 190 g/mol. The third-order valence-corrected chi connectivity index (χ3v) is 1.94. The fourth-order valence-corrected chi connectivity index (χ4v) is 1.35. The number of rotatable bonds is 2. The maximum absolute atomic E-state index is 12.5. The van der Waals surface area contributed by atoms with E-state index < -0.39 is 16.5 Å².